The highest BCUT2D eigenvalue weighted by molar-refractivity contribution is 7.08. The Morgan fingerprint density at radius 3 is 2.63 bits per heavy atom. The third kappa shape index (κ3) is 4.14. The molecule has 30 heavy (non-hydrogen) atoms. The second-order valence-electron chi connectivity index (χ2n) is 6.84. The molecule has 2 aromatic rings. The first-order valence-corrected chi connectivity index (χ1v) is 10.4. The fraction of sp³-hybridized carbons (Fsp3) is 0.333. The summed E-state index contributed by atoms with van der Waals surface area (Å²) in [6, 6.07) is 10.1. The van der Waals surface area contributed by atoms with Crippen molar-refractivity contribution in [2.75, 3.05) is 24.6 Å². The number of ether oxygens (including phenoxy) is 1. The Kier molecular flexibility index (Phi) is 6.37. The van der Waals surface area contributed by atoms with Gasteiger partial charge in [-0.05, 0) is 60.5 Å². The molecule has 2 heterocycles. The lowest BCUT2D eigenvalue weighted by Gasteiger charge is -2.25. The van der Waals surface area contributed by atoms with Crippen molar-refractivity contribution >= 4 is 34.9 Å². The summed E-state index contributed by atoms with van der Waals surface area (Å²) in [4.78, 5) is 40.8. The van der Waals surface area contributed by atoms with Crippen LogP contribution in [0.2, 0.25) is 0 Å². The number of urea groups is 1. The van der Waals surface area contributed by atoms with Gasteiger partial charge < -0.3 is 15.0 Å². The Bertz CT molecular complexity index is 968. The molecule has 9 heteroatoms. The molecule has 1 atom stereocenters. The van der Waals surface area contributed by atoms with Crippen LogP contribution in [0.25, 0.3) is 0 Å². The summed E-state index contributed by atoms with van der Waals surface area (Å²) in [6.45, 7) is 3.75. The molecule has 0 saturated carbocycles. The highest BCUT2D eigenvalue weighted by atomic mass is 32.1. The number of nitriles is 1. The Balaban J connectivity index is 1.79. The lowest BCUT2D eigenvalue weighted by molar-refractivity contribution is -0.134. The molecule has 4 amide bonds. The van der Waals surface area contributed by atoms with E-state index in [4.69, 9.17) is 10.00 Å². The van der Waals surface area contributed by atoms with Gasteiger partial charge in [0.25, 0.3) is 5.91 Å². The van der Waals surface area contributed by atoms with Crippen LogP contribution in [0.1, 0.15) is 25.8 Å². The summed E-state index contributed by atoms with van der Waals surface area (Å²) in [7, 11) is 0. The summed E-state index contributed by atoms with van der Waals surface area (Å²) < 4.78 is 5.42. The van der Waals surface area contributed by atoms with Crippen LogP contribution in [-0.2, 0) is 15.1 Å². The van der Waals surface area contributed by atoms with Gasteiger partial charge in [-0.1, -0.05) is 0 Å². The zero-order valence-electron chi connectivity index (χ0n) is 16.8. The number of carbonyl (C=O) groups is 3. The first-order valence-electron chi connectivity index (χ1n) is 9.47. The predicted molar refractivity (Wildman–Crippen MR) is 112 cm³/mol. The summed E-state index contributed by atoms with van der Waals surface area (Å²) >= 11 is 1.42. The SMILES string of the molecule is CCOc1ccc(N(CCC#N)C(=O)CN2C(=O)NC(C)(c3ccsc3)C2=O)cc1. The molecule has 8 nitrogen and oxygen atoms in total. The molecular weight excluding hydrogens is 404 g/mol. The minimum atomic E-state index is -1.20. The molecule has 0 spiro atoms. The van der Waals surface area contributed by atoms with E-state index in [2.05, 4.69) is 5.32 Å². The normalized spacial score (nSPS) is 18.1. The van der Waals surface area contributed by atoms with Crippen LogP contribution >= 0.6 is 11.3 Å². The molecule has 1 aromatic heterocycles. The molecule has 156 valence electrons. The third-order valence-corrected chi connectivity index (χ3v) is 5.56. The van der Waals surface area contributed by atoms with Crippen molar-refractivity contribution in [3.63, 3.8) is 0 Å². The van der Waals surface area contributed by atoms with Crippen LogP contribution in [0.15, 0.2) is 41.1 Å². The largest absolute Gasteiger partial charge is 0.494 e. The van der Waals surface area contributed by atoms with Gasteiger partial charge in [0, 0.05) is 12.2 Å². The van der Waals surface area contributed by atoms with Gasteiger partial charge in [-0.3, -0.25) is 14.5 Å². The molecular formula is C21H22N4O4S. The first-order chi connectivity index (χ1) is 14.4. The zero-order valence-corrected chi connectivity index (χ0v) is 17.6. The summed E-state index contributed by atoms with van der Waals surface area (Å²) in [5.74, 6) is -0.270. The van der Waals surface area contributed by atoms with E-state index < -0.39 is 29.9 Å². The lowest BCUT2D eigenvalue weighted by Crippen LogP contribution is -2.45. The van der Waals surface area contributed by atoms with Gasteiger partial charge in [-0.2, -0.15) is 16.6 Å². The van der Waals surface area contributed by atoms with Crippen molar-refractivity contribution in [3.05, 3.63) is 46.7 Å². The van der Waals surface area contributed by atoms with Crippen molar-refractivity contribution < 1.29 is 19.1 Å². The van der Waals surface area contributed by atoms with E-state index >= 15 is 0 Å². The number of hydrogen-bond donors (Lipinski definition) is 1. The topological polar surface area (TPSA) is 103 Å². The number of anilines is 1. The van der Waals surface area contributed by atoms with E-state index in [1.807, 2.05) is 18.4 Å². The number of imide groups is 1. The maximum atomic E-state index is 13.0. The zero-order chi connectivity index (χ0) is 21.7. The number of hydrogen-bond acceptors (Lipinski definition) is 6. The highest BCUT2D eigenvalue weighted by Crippen LogP contribution is 2.30. The van der Waals surface area contributed by atoms with E-state index in [-0.39, 0.29) is 13.0 Å². The van der Waals surface area contributed by atoms with Crippen LogP contribution in [0.4, 0.5) is 10.5 Å². The molecule has 0 aliphatic carbocycles. The average molecular weight is 426 g/mol. The number of nitrogens with one attached hydrogen (secondary N) is 1. The van der Waals surface area contributed by atoms with E-state index in [0.29, 0.717) is 23.6 Å². The maximum absolute atomic E-state index is 13.0. The number of nitrogens with zero attached hydrogens (tertiary/aromatic N) is 3. The van der Waals surface area contributed by atoms with Gasteiger partial charge in [-0.15, -0.1) is 0 Å². The van der Waals surface area contributed by atoms with E-state index in [9.17, 15) is 14.4 Å². The number of amides is 4. The molecule has 1 unspecified atom stereocenters. The molecule has 0 radical (unpaired) electrons. The number of thiophene rings is 1. The Morgan fingerprint density at radius 2 is 2.03 bits per heavy atom. The Hall–Kier alpha value is -3.38. The van der Waals surface area contributed by atoms with E-state index in [0.717, 1.165) is 4.90 Å². The van der Waals surface area contributed by atoms with Gasteiger partial charge in [0.2, 0.25) is 5.91 Å². The maximum Gasteiger partial charge on any atom is 0.325 e. The van der Waals surface area contributed by atoms with Crippen LogP contribution in [0.5, 0.6) is 5.75 Å². The molecule has 1 aliphatic heterocycles. The fourth-order valence-corrected chi connectivity index (χ4v) is 4.02. The van der Waals surface area contributed by atoms with Crippen molar-refractivity contribution in [1.29, 1.82) is 5.26 Å². The van der Waals surface area contributed by atoms with Crippen LogP contribution in [0.3, 0.4) is 0 Å². The van der Waals surface area contributed by atoms with Gasteiger partial charge >= 0.3 is 6.03 Å². The minimum absolute atomic E-state index is 0.117. The number of carbonyl (C=O) groups excluding carboxylic acids is 3. The van der Waals surface area contributed by atoms with Crippen molar-refractivity contribution in [3.8, 4) is 11.8 Å². The lowest BCUT2D eigenvalue weighted by atomic mass is 9.95. The Labute approximate surface area is 178 Å². The van der Waals surface area contributed by atoms with Crippen molar-refractivity contribution in [1.82, 2.24) is 10.2 Å². The summed E-state index contributed by atoms with van der Waals surface area (Å²) in [5, 5.41) is 15.3. The molecule has 1 aliphatic rings. The number of rotatable bonds is 8. The molecule has 1 N–H and O–H groups in total. The average Bonchev–Trinajstić information content (AvgIpc) is 3.34. The predicted octanol–water partition coefficient (Wildman–Crippen LogP) is 2.86. The van der Waals surface area contributed by atoms with Crippen LogP contribution in [-0.4, -0.2) is 42.4 Å². The fourth-order valence-electron chi connectivity index (χ4n) is 3.25. The second-order valence-corrected chi connectivity index (χ2v) is 7.62. The second kappa shape index (κ2) is 8.97. The molecule has 0 bridgehead atoms. The first kappa shape index (κ1) is 21.3. The van der Waals surface area contributed by atoms with Gasteiger partial charge in [0.1, 0.15) is 17.8 Å². The van der Waals surface area contributed by atoms with E-state index in [1.54, 1.807) is 42.6 Å². The Morgan fingerprint density at radius 1 is 1.30 bits per heavy atom. The van der Waals surface area contributed by atoms with Crippen molar-refractivity contribution in [2.45, 2.75) is 25.8 Å². The molecule has 1 aromatic carbocycles. The molecule has 3 rings (SSSR count). The number of benzene rings is 1. The molecule has 1 saturated heterocycles. The quantitative estimate of drug-likeness (QED) is 0.654. The molecule has 1 fully saturated rings. The summed E-state index contributed by atoms with van der Waals surface area (Å²) in [5.41, 5.74) is 0.0357. The third-order valence-electron chi connectivity index (χ3n) is 4.87. The standard InChI is InChI=1S/C21H22N4O4S/c1-3-29-17-7-5-16(6-8-17)24(11-4-10-22)18(26)13-25-19(27)21(2,23-20(25)28)15-9-12-30-14-15/h5-9,12,14H,3-4,11,13H2,1-2H3,(H,23,28). The minimum Gasteiger partial charge on any atom is -0.494 e. The summed E-state index contributed by atoms with van der Waals surface area (Å²) in [6.07, 6.45) is 0.117. The highest BCUT2D eigenvalue weighted by Gasteiger charge is 2.49. The van der Waals surface area contributed by atoms with E-state index in [1.165, 1.54) is 16.2 Å². The smallest absolute Gasteiger partial charge is 0.325 e. The van der Waals surface area contributed by atoms with Crippen LogP contribution < -0.4 is 15.0 Å². The monoisotopic (exact) mass is 426 g/mol. The van der Waals surface area contributed by atoms with Crippen LogP contribution in [0, 0.1) is 11.3 Å². The van der Waals surface area contributed by atoms with Gasteiger partial charge in [0.15, 0.2) is 0 Å². The van der Waals surface area contributed by atoms with Gasteiger partial charge in [0.05, 0.1) is 19.1 Å². The van der Waals surface area contributed by atoms with Gasteiger partial charge in [-0.25, -0.2) is 4.79 Å². The van der Waals surface area contributed by atoms with Crippen molar-refractivity contribution in [2.24, 2.45) is 0 Å².